The van der Waals surface area contributed by atoms with Gasteiger partial charge in [0.2, 0.25) is 0 Å². The summed E-state index contributed by atoms with van der Waals surface area (Å²) in [4.78, 5) is 0. The van der Waals surface area contributed by atoms with Crippen molar-refractivity contribution in [3.05, 3.63) is 34.3 Å². The fourth-order valence-electron chi connectivity index (χ4n) is 1.42. The smallest absolute Gasteiger partial charge is 0.323 e. The topological polar surface area (TPSA) is 26.0 Å². The van der Waals surface area contributed by atoms with E-state index in [0.717, 1.165) is 12.1 Å². The molecule has 0 bridgehead atoms. The lowest BCUT2D eigenvalue weighted by Gasteiger charge is -2.28. The van der Waals surface area contributed by atoms with Gasteiger partial charge in [-0.2, -0.15) is 13.2 Å². The van der Waals surface area contributed by atoms with Crippen molar-refractivity contribution < 1.29 is 13.2 Å². The maximum atomic E-state index is 12.6. The van der Waals surface area contributed by atoms with Gasteiger partial charge in [0, 0.05) is 11.1 Å². The largest absolute Gasteiger partial charge is 0.416 e. The summed E-state index contributed by atoms with van der Waals surface area (Å²) in [6, 6.07) is 2.68. The van der Waals surface area contributed by atoms with Crippen LogP contribution in [0.25, 0.3) is 0 Å². The van der Waals surface area contributed by atoms with Crippen LogP contribution in [0.4, 0.5) is 13.2 Å². The Labute approximate surface area is 104 Å². The van der Waals surface area contributed by atoms with E-state index in [4.69, 9.17) is 17.3 Å². The lowest BCUT2D eigenvalue weighted by molar-refractivity contribution is -0.137. The molecule has 1 nitrogen and oxygen atoms in total. The first-order valence-corrected chi connectivity index (χ1v) is 5.53. The standard InChI is InChI=1S/C12H15ClF3N/c1-11(2,3)10(17)8-6-7(12(14,15)16)4-5-9(8)13/h4-6,10H,17H2,1-3H3/t10-/m1/s1. The van der Waals surface area contributed by atoms with Crippen molar-refractivity contribution in [1.82, 2.24) is 0 Å². The van der Waals surface area contributed by atoms with Gasteiger partial charge in [0.25, 0.3) is 0 Å². The van der Waals surface area contributed by atoms with Gasteiger partial charge in [-0.15, -0.1) is 0 Å². The first-order valence-electron chi connectivity index (χ1n) is 5.15. The average Bonchev–Trinajstić information content (AvgIpc) is 2.14. The van der Waals surface area contributed by atoms with Gasteiger partial charge in [0.15, 0.2) is 0 Å². The Kier molecular flexibility index (Phi) is 3.79. The molecule has 0 fully saturated rings. The third kappa shape index (κ3) is 3.36. The highest BCUT2D eigenvalue weighted by molar-refractivity contribution is 6.31. The Balaban J connectivity index is 3.25. The minimum Gasteiger partial charge on any atom is -0.323 e. The molecule has 0 amide bonds. The highest BCUT2D eigenvalue weighted by Crippen LogP contribution is 2.38. The van der Waals surface area contributed by atoms with Crippen molar-refractivity contribution in [3.8, 4) is 0 Å². The van der Waals surface area contributed by atoms with Crippen molar-refractivity contribution in [2.45, 2.75) is 33.0 Å². The summed E-state index contributed by atoms with van der Waals surface area (Å²) in [6.45, 7) is 5.57. The van der Waals surface area contributed by atoms with Crippen LogP contribution < -0.4 is 5.73 Å². The van der Waals surface area contributed by atoms with Crippen LogP contribution in [0.5, 0.6) is 0 Å². The lowest BCUT2D eigenvalue weighted by atomic mass is 9.82. The molecular formula is C12H15ClF3N. The molecule has 1 aromatic rings. The predicted molar refractivity (Wildman–Crippen MR) is 62.8 cm³/mol. The number of nitrogens with two attached hydrogens (primary N) is 1. The molecule has 0 saturated carbocycles. The van der Waals surface area contributed by atoms with E-state index < -0.39 is 17.8 Å². The lowest BCUT2D eigenvalue weighted by Crippen LogP contribution is -2.27. The zero-order valence-electron chi connectivity index (χ0n) is 9.90. The number of rotatable bonds is 1. The Bertz CT molecular complexity index is 407. The molecule has 0 aliphatic heterocycles. The van der Waals surface area contributed by atoms with Gasteiger partial charge in [-0.3, -0.25) is 0 Å². The van der Waals surface area contributed by atoms with Gasteiger partial charge < -0.3 is 5.73 Å². The van der Waals surface area contributed by atoms with Crippen LogP contribution in [0.1, 0.15) is 37.9 Å². The number of hydrogen-bond donors (Lipinski definition) is 1. The van der Waals surface area contributed by atoms with Crippen LogP contribution in [0.15, 0.2) is 18.2 Å². The zero-order valence-corrected chi connectivity index (χ0v) is 10.7. The molecular weight excluding hydrogens is 251 g/mol. The summed E-state index contributed by atoms with van der Waals surface area (Å²) < 4.78 is 37.7. The highest BCUT2D eigenvalue weighted by Gasteiger charge is 2.33. The van der Waals surface area contributed by atoms with E-state index in [2.05, 4.69) is 0 Å². The molecule has 0 unspecified atom stereocenters. The third-order valence-electron chi connectivity index (χ3n) is 2.59. The first-order chi connectivity index (χ1) is 7.53. The molecule has 2 N–H and O–H groups in total. The Morgan fingerprint density at radius 1 is 1.18 bits per heavy atom. The summed E-state index contributed by atoms with van der Waals surface area (Å²) >= 11 is 5.90. The average molecular weight is 266 g/mol. The minimum atomic E-state index is -4.38. The molecule has 0 saturated heterocycles. The molecule has 5 heteroatoms. The first kappa shape index (κ1) is 14.3. The molecule has 0 heterocycles. The number of halogens is 4. The summed E-state index contributed by atoms with van der Waals surface area (Å²) in [5.41, 5.74) is 5.18. The Hall–Kier alpha value is -0.740. The van der Waals surface area contributed by atoms with Crippen LogP contribution in [-0.4, -0.2) is 0 Å². The second kappa shape index (κ2) is 4.50. The van der Waals surface area contributed by atoms with Gasteiger partial charge in [-0.25, -0.2) is 0 Å². The quantitative estimate of drug-likeness (QED) is 0.800. The molecule has 0 radical (unpaired) electrons. The number of alkyl halides is 3. The zero-order chi connectivity index (χ0) is 13.4. The molecule has 17 heavy (non-hydrogen) atoms. The molecule has 1 rings (SSSR count). The molecule has 0 spiro atoms. The van der Waals surface area contributed by atoms with Crippen LogP contribution in [-0.2, 0) is 6.18 Å². The molecule has 0 aliphatic rings. The molecule has 1 aromatic carbocycles. The summed E-state index contributed by atoms with van der Waals surface area (Å²) in [6.07, 6.45) is -4.38. The minimum absolute atomic E-state index is 0.264. The number of benzene rings is 1. The van der Waals surface area contributed by atoms with Crippen LogP contribution >= 0.6 is 11.6 Å². The Morgan fingerprint density at radius 2 is 1.71 bits per heavy atom. The van der Waals surface area contributed by atoms with Gasteiger partial charge in [0.05, 0.1) is 5.56 Å². The Morgan fingerprint density at radius 3 is 2.12 bits per heavy atom. The third-order valence-corrected chi connectivity index (χ3v) is 2.94. The number of hydrogen-bond acceptors (Lipinski definition) is 1. The van der Waals surface area contributed by atoms with E-state index in [1.807, 2.05) is 20.8 Å². The fraction of sp³-hybridized carbons (Fsp3) is 0.500. The van der Waals surface area contributed by atoms with E-state index in [-0.39, 0.29) is 10.4 Å². The monoisotopic (exact) mass is 265 g/mol. The van der Waals surface area contributed by atoms with Gasteiger partial charge in [-0.05, 0) is 29.2 Å². The molecule has 96 valence electrons. The fourth-order valence-corrected chi connectivity index (χ4v) is 1.66. The van der Waals surface area contributed by atoms with Crippen molar-refractivity contribution in [2.75, 3.05) is 0 Å². The van der Waals surface area contributed by atoms with Gasteiger partial charge in [-0.1, -0.05) is 32.4 Å². The second-order valence-corrected chi connectivity index (χ2v) is 5.48. The van der Waals surface area contributed by atoms with Crippen molar-refractivity contribution in [1.29, 1.82) is 0 Å². The van der Waals surface area contributed by atoms with Gasteiger partial charge >= 0.3 is 6.18 Å². The van der Waals surface area contributed by atoms with Crippen molar-refractivity contribution in [3.63, 3.8) is 0 Å². The molecule has 0 aromatic heterocycles. The predicted octanol–water partition coefficient (Wildman–Crippen LogP) is 4.40. The van der Waals surface area contributed by atoms with E-state index in [1.165, 1.54) is 6.07 Å². The van der Waals surface area contributed by atoms with E-state index in [9.17, 15) is 13.2 Å². The highest BCUT2D eigenvalue weighted by atomic mass is 35.5. The van der Waals surface area contributed by atoms with E-state index >= 15 is 0 Å². The summed E-state index contributed by atoms with van der Waals surface area (Å²) in [5, 5.41) is 0.264. The second-order valence-electron chi connectivity index (χ2n) is 5.08. The van der Waals surface area contributed by atoms with Crippen molar-refractivity contribution in [2.24, 2.45) is 11.1 Å². The van der Waals surface area contributed by atoms with Crippen LogP contribution in [0, 0.1) is 5.41 Å². The van der Waals surface area contributed by atoms with Crippen LogP contribution in [0.2, 0.25) is 5.02 Å². The molecule has 1 atom stereocenters. The van der Waals surface area contributed by atoms with Crippen LogP contribution in [0.3, 0.4) is 0 Å². The van der Waals surface area contributed by atoms with Gasteiger partial charge in [0.1, 0.15) is 0 Å². The summed E-state index contributed by atoms with van der Waals surface area (Å²) in [5.74, 6) is 0. The SMILES string of the molecule is CC(C)(C)[C@H](N)c1cc(C(F)(F)F)ccc1Cl. The van der Waals surface area contributed by atoms with E-state index in [1.54, 1.807) is 0 Å². The van der Waals surface area contributed by atoms with E-state index in [0.29, 0.717) is 5.56 Å². The maximum Gasteiger partial charge on any atom is 0.416 e. The van der Waals surface area contributed by atoms with Crippen molar-refractivity contribution >= 4 is 11.6 Å². The normalized spacial score (nSPS) is 14.8. The molecule has 0 aliphatic carbocycles. The summed E-state index contributed by atoms with van der Waals surface area (Å²) in [7, 11) is 0. The maximum absolute atomic E-state index is 12.6.